The number of hydrogen-bond acceptors (Lipinski definition) is 8. The van der Waals surface area contributed by atoms with Gasteiger partial charge in [0.15, 0.2) is 21.0 Å². The van der Waals surface area contributed by atoms with Crippen molar-refractivity contribution < 1.29 is 32.0 Å². The van der Waals surface area contributed by atoms with Crippen molar-refractivity contribution >= 4 is 38.5 Å². The molecule has 1 fully saturated rings. The summed E-state index contributed by atoms with van der Waals surface area (Å²) < 4.78 is 35.7. The molecule has 3 N–H and O–H groups in total. The van der Waals surface area contributed by atoms with Gasteiger partial charge in [0.1, 0.15) is 17.7 Å². The Labute approximate surface area is 275 Å². The van der Waals surface area contributed by atoms with Gasteiger partial charge < -0.3 is 25.1 Å². The van der Waals surface area contributed by atoms with E-state index in [2.05, 4.69) is 16.0 Å². The van der Waals surface area contributed by atoms with Gasteiger partial charge in [0.05, 0.1) is 28.7 Å². The minimum absolute atomic E-state index is 0.00542. The third-order valence-electron chi connectivity index (χ3n) is 8.84. The van der Waals surface area contributed by atoms with Crippen LogP contribution in [0.5, 0.6) is 0 Å². The zero-order chi connectivity index (χ0) is 34.7. The van der Waals surface area contributed by atoms with Gasteiger partial charge in [-0.2, -0.15) is 0 Å². The molecule has 2 heterocycles. The molecule has 11 nitrogen and oxygen atoms in total. The van der Waals surface area contributed by atoms with Gasteiger partial charge in [-0.15, -0.1) is 0 Å². The number of ether oxygens (including phenoxy) is 1. The number of amides is 3. The Morgan fingerprint density at radius 3 is 2.13 bits per heavy atom. The molecule has 4 atom stereocenters. The smallest absolute Gasteiger partial charge is 0.287 e. The van der Waals surface area contributed by atoms with Crippen LogP contribution in [0.1, 0.15) is 64.1 Å². The summed E-state index contributed by atoms with van der Waals surface area (Å²) in [6, 6.07) is 14.5. The molecular formula is C35H45N3O8S. The molecule has 4 rings (SSSR count). The number of fused-ring (bicyclic) bond motifs is 1. The summed E-state index contributed by atoms with van der Waals surface area (Å²) in [5, 5.41) is 8.80. The molecule has 1 aromatic heterocycles. The minimum atomic E-state index is -3.92. The van der Waals surface area contributed by atoms with E-state index in [-0.39, 0.29) is 46.9 Å². The topological polar surface area (TPSA) is 164 Å². The van der Waals surface area contributed by atoms with Gasteiger partial charge in [0, 0.05) is 18.4 Å². The fourth-order valence-electron chi connectivity index (χ4n) is 5.78. The van der Waals surface area contributed by atoms with E-state index in [9.17, 15) is 27.6 Å². The van der Waals surface area contributed by atoms with Gasteiger partial charge in [0.2, 0.25) is 11.8 Å². The van der Waals surface area contributed by atoms with Gasteiger partial charge in [-0.25, -0.2) is 8.42 Å². The summed E-state index contributed by atoms with van der Waals surface area (Å²) in [6.45, 7) is 10.9. The maximum Gasteiger partial charge on any atom is 0.287 e. The second-order valence-electron chi connectivity index (χ2n) is 13.5. The third kappa shape index (κ3) is 8.66. The number of nitrogens with one attached hydrogen (secondary N) is 3. The van der Waals surface area contributed by atoms with Crippen molar-refractivity contribution in [2.45, 2.75) is 89.5 Å². The second kappa shape index (κ2) is 14.4. The molecule has 0 bridgehead atoms. The molecule has 0 radical (unpaired) electrons. The zero-order valence-corrected chi connectivity index (χ0v) is 28.7. The maximum atomic E-state index is 14.0. The highest BCUT2D eigenvalue weighted by molar-refractivity contribution is 7.92. The molecule has 1 aliphatic rings. The largest absolute Gasteiger partial charge is 0.451 e. The van der Waals surface area contributed by atoms with E-state index in [1.54, 1.807) is 18.2 Å². The van der Waals surface area contributed by atoms with Crippen molar-refractivity contribution in [3.63, 3.8) is 0 Å². The van der Waals surface area contributed by atoms with Crippen molar-refractivity contribution in [1.82, 2.24) is 16.0 Å². The summed E-state index contributed by atoms with van der Waals surface area (Å²) in [6.07, 6.45) is 0.411. The Hall–Kier alpha value is -4.03. The number of hydrogen-bond donors (Lipinski definition) is 3. The number of benzene rings is 2. The highest BCUT2D eigenvalue weighted by Crippen LogP contribution is 2.31. The van der Waals surface area contributed by atoms with Crippen LogP contribution < -0.4 is 21.4 Å². The van der Waals surface area contributed by atoms with E-state index in [1.165, 1.54) is 19.9 Å². The van der Waals surface area contributed by atoms with Crippen LogP contribution in [0, 0.1) is 11.8 Å². The van der Waals surface area contributed by atoms with Crippen LogP contribution in [-0.4, -0.2) is 67.5 Å². The fourth-order valence-corrected chi connectivity index (χ4v) is 6.37. The van der Waals surface area contributed by atoms with Crippen LogP contribution >= 0.6 is 0 Å². The summed E-state index contributed by atoms with van der Waals surface area (Å²) >= 11 is 0. The Morgan fingerprint density at radius 2 is 1.51 bits per heavy atom. The number of sulfone groups is 1. The monoisotopic (exact) mass is 667 g/mol. The first-order valence-corrected chi connectivity index (χ1v) is 17.7. The van der Waals surface area contributed by atoms with Crippen molar-refractivity contribution in [1.29, 1.82) is 0 Å². The molecule has 1 aliphatic heterocycles. The summed E-state index contributed by atoms with van der Waals surface area (Å²) in [5.41, 5.74) is 0.597. The summed E-state index contributed by atoms with van der Waals surface area (Å²) in [7, 11) is -3.92. The van der Waals surface area contributed by atoms with Crippen molar-refractivity contribution in [3.05, 3.63) is 82.2 Å². The molecule has 3 amide bonds. The van der Waals surface area contributed by atoms with Gasteiger partial charge in [0.25, 0.3) is 5.91 Å². The molecule has 12 heteroatoms. The molecule has 0 spiro atoms. The molecule has 2 aromatic carbocycles. The number of para-hydroxylation sites is 1. The Bertz CT molecular complexity index is 1760. The Kier molecular flexibility index (Phi) is 11.0. The number of rotatable bonds is 14. The number of epoxide rings is 1. The van der Waals surface area contributed by atoms with Crippen molar-refractivity contribution in [3.8, 4) is 0 Å². The minimum Gasteiger partial charge on any atom is -0.451 e. The van der Waals surface area contributed by atoms with E-state index in [1.807, 2.05) is 58.0 Å². The SMILES string of the molecule is CC(C)C(NC(=O)C[C@@H]1O[C@@H]1[C@H](Cc1ccccc1)NC(=O)[C@@H](NC(=O)c1cc(=O)c2ccccc2o1)C(C)(C)S(C)(=O)=O)C(C)C. The summed E-state index contributed by atoms with van der Waals surface area (Å²) in [4.78, 5) is 53.0. The van der Waals surface area contributed by atoms with Crippen LogP contribution in [0.3, 0.4) is 0 Å². The lowest BCUT2D eigenvalue weighted by atomic mass is 9.93. The van der Waals surface area contributed by atoms with Crippen molar-refractivity contribution in [2.24, 2.45) is 11.8 Å². The number of carbonyl (C=O) groups is 3. The molecule has 0 unspecified atom stereocenters. The maximum absolute atomic E-state index is 14.0. The molecule has 0 saturated carbocycles. The highest BCUT2D eigenvalue weighted by Gasteiger charge is 2.50. The predicted octanol–water partition coefficient (Wildman–Crippen LogP) is 3.40. The standard InChI is InChI=1S/C35H45N3O8S/c1-20(2)30(21(3)4)37-29(40)19-27-31(46-27)24(17-22-13-9-8-10-14-22)36-34(42)32(35(5,6)47(7,43)44)38-33(41)28-18-25(39)23-15-11-12-16-26(23)45-28/h8-16,18,20-21,24,27,30-32H,17,19H2,1-7H3,(H,36,42)(H,37,40)(H,38,41)/t24-,27-,31+,32+/m0/s1. The highest BCUT2D eigenvalue weighted by atomic mass is 32.2. The lowest BCUT2D eigenvalue weighted by Crippen LogP contribution is -2.62. The van der Waals surface area contributed by atoms with Crippen molar-refractivity contribution in [2.75, 3.05) is 6.26 Å². The quantitative estimate of drug-likeness (QED) is 0.220. The van der Waals surface area contributed by atoms with Gasteiger partial charge >= 0.3 is 0 Å². The van der Waals surface area contributed by atoms with Gasteiger partial charge in [-0.05, 0) is 49.8 Å². The van der Waals surface area contributed by atoms with Gasteiger partial charge in [-0.3, -0.25) is 19.2 Å². The predicted molar refractivity (Wildman–Crippen MR) is 180 cm³/mol. The fraction of sp³-hybridized carbons (Fsp3) is 0.486. The van der Waals surface area contributed by atoms with Crippen LogP contribution in [0.15, 0.2) is 69.9 Å². The molecule has 47 heavy (non-hydrogen) atoms. The van der Waals surface area contributed by atoms with Crippen LogP contribution in [-0.2, 0) is 30.6 Å². The molecule has 0 aliphatic carbocycles. The van der Waals surface area contributed by atoms with Gasteiger partial charge in [-0.1, -0.05) is 70.2 Å². The first-order valence-electron chi connectivity index (χ1n) is 15.8. The Morgan fingerprint density at radius 1 is 0.894 bits per heavy atom. The lowest BCUT2D eigenvalue weighted by molar-refractivity contribution is -0.124. The van der Waals surface area contributed by atoms with Crippen LogP contribution in [0.25, 0.3) is 11.0 Å². The van der Waals surface area contributed by atoms with Crippen LogP contribution in [0.4, 0.5) is 0 Å². The average molecular weight is 668 g/mol. The Balaban J connectivity index is 1.58. The molecular weight excluding hydrogens is 622 g/mol. The average Bonchev–Trinajstić information content (AvgIpc) is 3.76. The third-order valence-corrected chi connectivity index (χ3v) is 11.0. The van der Waals surface area contributed by atoms with E-state index in [0.29, 0.717) is 6.42 Å². The van der Waals surface area contributed by atoms with E-state index >= 15 is 0 Å². The normalized spacial score (nSPS) is 17.8. The van der Waals surface area contributed by atoms with E-state index in [0.717, 1.165) is 17.9 Å². The molecule has 3 aromatic rings. The van der Waals surface area contributed by atoms with E-state index in [4.69, 9.17) is 9.15 Å². The summed E-state index contributed by atoms with van der Waals surface area (Å²) in [5.74, 6) is -1.73. The number of carbonyl (C=O) groups excluding carboxylic acids is 3. The zero-order valence-electron chi connectivity index (χ0n) is 27.9. The molecule has 1 saturated heterocycles. The second-order valence-corrected chi connectivity index (χ2v) is 16.1. The first-order chi connectivity index (χ1) is 22.0. The van der Waals surface area contributed by atoms with Crippen LogP contribution in [0.2, 0.25) is 0 Å². The first kappa shape index (κ1) is 35.8. The van der Waals surface area contributed by atoms with E-state index < -0.39 is 56.1 Å². The molecule has 254 valence electrons. The lowest BCUT2D eigenvalue weighted by Gasteiger charge is -2.33.